The third kappa shape index (κ3) is 2.78. The lowest BCUT2D eigenvalue weighted by molar-refractivity contribution is 0.102. The van der Waals surface area contributed by atoms with Crippen LogP contribution in [0.15, 0.2) is 41.0 Å². The van der Waals surface area contributed by atoms with Crippen LogP contribution in [0.4, 0.5) is 10.1 Å². The van der Waals surface area contributed by atoms with Gasteiger partial charge >= 0.3 is 0 Å². The fourth-order valence-electron chi connectivity index (χ4n) is 2.02. The summed E-state index contributed by atoms with van der Waals surface area (Å²) in [5.41, 5.74) is 1.55. The first kappa shape index (κ1) is 14.5. The number of carbonyl (C=O) groups excluding carboxylic acids is 1. The first-order valence-corrected chi connectivity index (χ1v) is 7.45. The quantitative estimate of drug-likeness (QED) is 0.778. The van der Waals surface area contributed by atoms with Crippen molar-refractivity contribution < 1.29 is 13.6 Å². The summed E-state index contributed by atoms with van der Waals surface area (Å²) >= 11 is 1.38. The zero-order chi connectivity index (χ0) is 15.7. The van der Waals surface area contributed by atoms with Crippen LogP contribution in [-0.2, 0) is 0 Å². The van der Waals surface area contributed by atoms with Crippen LogP contribution in [0.1, 0.15) is 20.9 Å². The number of aryl methyl sites for hydroxylation is 2. The van der Waals surface area contributed by atoms with Crippen molar-refractivity contribution in [1.82, 2.24) is 4.98 Å². The highest BCUT2D eigenvalue weighted by atomic mass is 32.1. The van der Waals surface area contributed by atoms with Gasteiger partial charge in [-0.25, -0.2) is 9.37 Å². The summed E-state index contributed by atoms with van der Waals surface area (Å²) in [6.07, 6.45) is 1.56. The highest BCUT2D eigenvalue weighted by Crippen LogP contribution is 2.28. The van der Waals surface area contributed by atoms with Gasteiger partial charge in [-0.2, -0.15) is 0 Å². The van der Waals surface area contributed by atoms with Crippen LogP contribution in [0.5, 0.6) is 0 Å². The lowest BCUT2D eigenvalue weighted by Gasteiger charge is -2.07. The number of hydrogen-bond donors (Lipinski definition) is 1. The summed E-state index contributed by atoms with van der Waals surface area (Å²) in [4.78, 5) is 17.5. The van der Waals surface area contributed by atoms with E-state index in [0.29, 0.717) is 22.1 Å². The number of carbonyl (C=O) groups is 1. The number of thiazole rings is 1. The van der Waals surface area contributed by atoms with Crippen molar-refractivity contribution in [2.45, 2.75) is 13.8 Å². The number of rotatable bonds is 3. The lowest BCUT2D eigenvalue weighted by atomic mass is 10.2. The molecule has 0 aliphatic rings. The number of hydrogen-bond acceptors (Lipinski definition) is 4. The standard InChI is InChI=1S/C16H13FN2O2S/c1-9-5-6-11(17)8-12(9)18-15(20)14-10(2)22-16(19-14)13-4-3-7-21-13/h3-8H,1-2H3,(H,18,20). The minimum absolute atomic E-state index is 0.320. The maximum atomic E-state index is 13.3. The van der Waals surface area contributed by atoms with Crippen molar-refractivity contribution in [1.29, 1.82) is 0 Å². The van der Waals surface area contributed by atoms with E-state index < -0.39 is 5.82 Å². The van der Waals surface area contributed by atoms with Crippen molar-refractivity contribution in [2.75, 3.05) is 5.32 Å². The first-order valence-electron chi connectivity index (χ1n) is 6.63. The minimum Gasteiger partial charge on any atom is -0.462 e. The van der Waals surface area contributed by atoms with E-state index >= 15 is 0 Å². The second-order valence-electron chi connectivity index (χ2n) is 4.81. The average Bonchev–Trinajstić information content (AvgIpc) is 3.11. The van der Waals surface area contributed by atoms with Gasteiger partial charge in [0.25, 0.3) is 5.91 Å². The maximum Gasteiger partial charge on any atom is 0.275 e. The fraction of sp³-hybridized carbons (Fsp3) is 0.125. The number of furan rings is 1. The Morgan fingerprint density at radius 3 is 2.86 bits per heavy atom. The van der Waals surface area contributed by atoms with Gasteiger partial charge in [0.15, 0.2) is 10.8 Å². The van der Waals surface area contributed by atoms with Crippen molar-refractivity contribution in [3.05, 3.63) is 58.5 Å². The summed E-state index contributed by atoms with van der Waals surface area (Å²) in [7, 11) is 0. The van der Waals surface area contributed by atoms with Gasteiger partial charge in [-0.1, -0.05) is 6.07 Å². The molecule has 0 radical (unpaired) electrons. The predicted molar refractivity (Wildman–Crippen MR) is 83.6 cm³/mol. The molecule has 2 heterocycles. The highest BCUT2D eigenvalue weighted by Gasteiger charge is 2.18. The first-order chi connectivity index (χ1) is 10.5. The van der Waals surface area contributed by atoms with Crippen LogP contribution >= 0.6 is 11.3 Å². The molecule has 0 bridgehead atoms. The summed E-state index contributed by atoms with van der Waals surface area (Å²) in [6, 6.07) is 7.82. The van der Waals surface area contributed by atoms with Gasteiger partial charge in [0.2, 0.25) is 0 Å². The molecular formula is C16H13FN2O2S. The van der Waals surface area contributed by atoms with Crippen molar-refractivity contribution >= 4 is 22.9 Å². The Balaban J connectivity index is 1.88. The van der Waals surface area contributed by atoms with Gasteiger partial charge in [-0.3, -0.25) is 4.79 Å². The van der Waals surface area contributed by atoms with Crippen LogP contribution in [0.3, 0.4) is 0 Å². The summed E-state index contributed by atoms with van der Waals surface area (Å²) in [5, 5.41) is 3.34. The topological polar surface area (TPSA) is 55.1 Å². The van der Waals surface area contributed by atoms with Gasteiger partial charge in [-0.05, 0) is 43.7 Å². The van der Waals surface area contributed by atoms with Crippen molar-refractivity contribution in [2.24, 2.45) is 0 Å². The number of benzene rings is 1. The number of amides is 1. The molecule has 0 unspecified atom stereocenters. The Labute approximate surface area is 130 Å². The van der Waals surface area contributed by atoms with E-state index in [0.717, 1.165) is 10.4 Å². The van der Waals surface area contributed by atoms with Crippen LogP contribution in [-0.4, -0.2) is 10.9 Å². The third-order valence-corrected chi connectivity index (χ3v) is 4.18. The molecule has 112 valence electrons. The van der Waals surface area contributed by atoms with Crippen molar-refractivity contribution in [3.63, 3.8) is 0 Å². The Morgan fingerprint density at radius 1 is 1.32 bits per heavy atom. The molecule has 4 nitrogen and oxygen atoms in total. The molecule has 0 aliphatic heterocycles. The maximum absolute atomic E-state index is 13.3. The third-order valence-electron chi connectivity index (χ3n) is 3.19. The zero-order valence-electron chi connectivity index (χ0n) is 12.0. The lowest BCUT2D eigenvalue weighted by Crippen LogP contribution is -2.14. The molecule has 1 aromatic carbocycles. The van der Waals surface area contributed by atoms with Crippen LogP contribution < -0.4 is 5.32 Å². The second kappa shape index (κ2) is 5.73. The Hall–Kier alpha value is -2.47. The Bertz CT molecular complexity index is 825. The molecular weight excluding hydrogens is 303 g/mol. The van der Waals surface area contributed by atoms with E-state index in [9.17, 15) is 9.18 Å². The monoisotopic (exact) mass is 316 g/mol. The molecule has 0 spiro atoms. The highest BCUT2D eigenvalue weighted by molar-refractivity contribution is 7.15. The fourth-order valence-corrected chi connectivity index (χ4v) is 2.90. The van der Waals surface area contributed by atoms with Crippen LogP contribution in [0.2, 0.25) is 0 Å². The molecule has 0 saturated heterocycles. The van der Waals surface area contributed by atoms with E-state index in [1.807, 2.05) is 6.92 Å². The molecule has 0 saturated carbocycles. The summed E-state index contributed by atoms with van der Waals surface area (Å²) < 4.78 is 18.6. The number of aromatic nitrogens is 1. The largest absolute Gasteiger partial charge is 0.462 e. The van der Waals surface area contributed by atoms with Gasteiger partial charge in [0.05, 0.1) is 6.26 Å². The number of nitrogens with zero attached hydrogens (tertiary/aromatic N) is 1. The molecule has 1 N–H and O–H groups in total. The van der Waals surface area contributed by atoms with Gasteiger partial charge in [0, 0.05) is 10.6 Å². The van der Waals surface area contributed by atoms with Crippen LogP contribution in [0, 0.1) is 19.7 Å². The SMILES string of the molecule is Cc1ccc(F)cc1NC(=O)c1nc(-c2ccco2)sc1C. The molecule has 3 rings (SSSR count). The smallest absolute Gasteiger partial charge is 0.275 e. The number of anilines is 1. The second-order valence-corrected chi connectivity index (χ2v) is 6.02. The summed E-state index contributed by atoms with van der Waals surface area (Å²) in [5.74, 6) is -0.137. The molecule has 2 aromatic heterocycles. The Kier molecular flexibility index (Phi) is 3.77. The molecule has 22 heavy (non-hydrogen) atoms. The van der Waals surface area contributed by atoms with Crippen molar-refractivity contribution in [3.8, 4) is 10.8 Å². The van der Waals surface area contributed by atoms with E-state index in [-0.39, 0.29) is 5.91 Å². The van der Waals surface area contributed by atoms with E-state index in [2.05, 4.69) is 10.3 Å². The summed E-state index contributed by atoms with van der Waals surface area (Å²) in [6.45, 7) is 3.62. The van der Waals surface area contributed by atoms with E-state index in [4.69, 9.17) is 4.42 Å². The average molecular weight is 316 g/mol. The van der Waals surface area contributed by atoms with Gasteiger partial charge in [-0.15, -0.1) is 11.3 Å². The normalized spacial score (nSPS) is 10.7. The Morgan fingerprint density at radius 2 is 2.14 bits per heavy atom. The van der Waals surface area contributed by atoms with E-state index in [1.165, 1.54) is 23.5 Å². The zero-order valence-corrected chi connectivity index (χ0v) is 12.8. The van der Waals surface area contributed by atoms with Crippen LogP contribution in [0.25, 0.3) is 10.8 Å². The van der Waals surface area contributed by atoms with Gasteiger partial charge < -0.3 is 9.73 Å². The molecule has 0 aliphatic carbocycles. The number of nitrogens with one attached hydrogen (secondary N) is 1. The molecule has 1 amide bonds. The van der Waals surface area contributed by atoms with Gasteiger partial charge in [0.1, 0.15) is 11.5 Å². The molecule has 0 atom stereocenters. The predicted octanol–water partition coefficient (Wildman–Crippen LogP) is 4.41. The number of halogens is 1. The molecule has 3 aromatic rings. The molecule has 6 heteroatoms. The van der Waals surface area contributed by atoms with E-state index in [1.54, 1.807) is 31.4 Å². The molecule has 0 fully saturated rings. The minimum atomic E-state index is -0.396.